The van der Waals surface area contributed by atoms with E-state index in [0.717, 1.165) is 0 Å². The maximum atomic E-state index is 11.5. The molecule has 0 aliphatic carbocycles. The molecule has 0 aliphatic rings. The molecule has 0 aromatic rings. The van der Waals surface area contributed by atoms with Crippen molar-refractivity contribution in [3.63, 3.8) is 0 Å². The number of carbonyl (C=O) groups is 3. The van der Waals surface area contributed by atoms with E-state index in [1.807, 2.05) is 0 Å². The van der Waals surface area contributed by atoms with E-state index in [1.165, 1.54) is 0 Å². The zero-order chi connectivity index (χ0) is 13.8. The summed E-state index contributed by atoms with van der Waals surface area (Å²) in [5, 5.41) is 19.6. The summed E-state index contributed by atoms with van der Waals surface area (Å²) in [6.07, 6.45) is -0.539. The molecule has 1 unspecified atom stereocenters. The van der Waals surface area contributed by atoms with Crippen LogP contribution < -0.4 is 11.1 Å². The van der Waals surface area contributed by atoms with Crippen molar-refractivity contribution >= 4 is 17.8 Å². The van der Waals surface area contributed by atoms with Gasteiger partial charge in [0.1, 0.15) is 6.04 Å². The number of carboxylic acids is 2. The molecule has 7 heteroatoms. The first-order valence-corrected chi connectivity index (χ1v) is 5.06. The third-order valence-electron chi connectivity index (χ3n) is 2.13. The molecule has 7 nitrogen and oxygen atoms in total. The lowest BCUT2D eigenvalue weighted by Gasteiger charge is -2.28. The Morgan fingerprint density at radius 3 is 2.00 bits per heavy atom. The number of aliphatic carboxylic acids is 2. The number of rotatable bonds is 5. The monoisotopic (exact) mass is 246 g/mol. The maximum Gasteiger partial charge on any atom is 0.326 e. The van der Waals surface area contributed by atoms with Crippen molar-refractivity contribution in [1.82, 2.24) is 5.32 Å². The highest BCUT2D eigenvalue weighted by atomic mass is 16.4. The highest BCUT2D eigenvalue weighted by Crippen LogP contribution is 2.19. The molecule has 2 atom stereocenters. The Labute approximate surface area is 99.0 Å². The Hall–Kier alpha value is -1.63. The van der Waals surface area contributed by atoms with Crippen molar-refractivity contribution in [3.05, 3.63) is 0 Å². The van der Waals surface area contributed by atoms with Crippen LogP contribution in [-0.2, 0) is 14.4 Å². The van der Waals surface area contributed by atoms with E-state index < -0.39 is 41.8 Å². The summed E-state index contributed by atoms with van der Waals surface area (Å²) in [6.45, 7) is 4.94. The number of amides is 1. The number of hydrogen-bond donors (Lipinski definition) is 4. The molecule has 0 spiro atoms. The van der Waals surface area contributed by atoms with Crippen molar-refractivity contribution in [2.24, 2.45) is 11.1 Å². The van der Waals surface area contributed by atoms with Crippen LogP contribution >= 0.6 is 0 Å². The van der Waals surface area contributed by atoms with Crippen LogP contribution in [0.15, 0.2) is 0 Å². The van der Waals surface area contributed by atoms with Gasteiger partial charge < -0.3 is 21.3 Å². The average Bonchev–Trinajstić information content (AvgIpc) is 2.09. The van der Waals surface area contributed by atoms with Gasteiger partial charge in [0.05, 0.1) is 12.5 Å². The number of hydrogen-bond acceptors (Lipinski definition) is 4. The zero-order valence-electron chi connectivity index (χ0n) is 10.1. The molecule has 0 bridgehead atoms. The molecule has 0 radical (unpaired) electrons. The molecule has 5 N–H and O–H groups in total. The Balaban J connectivity index is 4.63. The molecule has 0 aromatic carbocycles. The zero-order valence-corrected chi connectivity index (χ0v) is 10.1. The molecular formula is C10H18N2O5. The fourth-order valence-corrected chi connectivity index (χ4v) is 1.18. The summed E-state index contributed by atoms with van der Waals surface area (Å²) in [5.74, 6) is -3.18. The first-order valence-electron chi connectivity index (χ1n) is 5.06. The first-order chi connectivity index (χ1) is 7.55. The Kier molecular flexibility index (Phi) is 5.09. The van der Waals surface area contributed by atoms with Crippen molar-refractivity contribution < 1.29 is 24.6 Å². The molecule has 98 valence electrons. The Morgan fingerprint density at radius 2 is 1.71 bits per heavy atom. The van der Waals surface area contributed by atoms with Crippen molar-refractivity contribution in [2.75, 3.05) is 0 Å². The normalized spacial score (nSPS) is 14.8. The summed E-state index contributed by atoms with van der Waals surface area (Å²) in [6, 6.07) is -2.37. The smallest absolute Gasteiger partial charge is 0.326 e. The molecule has 0 fully saturated rings. The third-order valence-corrected chi connectivity index (χ3v) is 2.13. The van der Waals surface area contributed by atoms with Crippen LogP contribution in [0, 0.1) is 5.41 Å². The van der Waals surface area contributed by atoms with E-state index in [1.54, 1.807) is 20.8 Å². The van der Waals surface area contributed by atoms with Gasteiger partial charge in [-0.25, -0.2) is 4.79 Å². The summed E-state index contributed by atoms with van der Waals surface area (Å²) in [5.41, 5.74) is 4.63. The van der Waals surface area contributed by atoms with E-state index >= 15 is 0 Å². The van der Waals surface area contributed by atoms with Crippen LogP contribution in [0.2, 0.25) is 0 Å². The average molecular weight is 246 g/mol. The lowest BCUT2D eigenvalue weighted by molar-refractivity contribution is -0.145. The molecule has 0 heterocycles. The van der Waals surface area contributed by atoms with Crippen molar-refractivity contribution in [2.45, 2.75) is 39.3 Å². The molecule has 0 aromatic heterocycles. The quantitative estimate of drug-likeness (QED) is 0.512. The van der Waals surface area contributed by atoms with Gasteiger partial charge in [0.15, 0.2) is 0 Å². The molecule has 0 saturated heterocycles. The van der Waals surface area contributed by atoms with E-state index in [9.17, 15) is 14.4 Å². The lowest BCUT2D eigenvalue weighted by Crippen LogP contribution is -2.54. The summed E-state index contributed by atoms with van der Waals surface area (Å²) < 4.78 is 0. The van der Waals surface area contributed by atoms with Crippen LogP contribution in [0.4, 0.5) is 0 Å². The van der Waals surface area contributed by atoms with Gasteiger partial charge in [-0.3, -0.25) is 9.59 Å². The molecular weight excluding hydrogens is 228 g/mol. The predicted octanol–water partition coefficient (Wildman–Crippen LogP) is -0.596. The van der Waals surface area contributed by atoms with Crippen molar-refractivity contribution in [3.8, 4) is 0 Å². The Morgan fingerprint density at radius 1 is 1.24 bits per heavy atom. The minimum Gasteiger partial charge on any atom is -0.481 e. The first kappa shape index (κ1) is 15.4. The molecule has 0 aliphatic heterocycles. The molecule has 0 saturated carbocycles. The second-order valence-corrected chi connectivity index (χ2v) is 4.85. The highest BCUT2D eigenvalue weighted by Gasteiger charge is 2.33. The van der Waals surface area contributed by atoms with Crippen LogP contribution in [0.25, 0.3) is 0 Å². The minimum atomic E-state index is -1.25. The number of nitrogens with one attached hydrogen (secondary N) is 1. The van der Waals surface area contributed by atoms with Gasteiger partial charge in [0.2, 0.25) is 5.91 Å². The minimum absolute atomic E-state index is 0.539. The lowest BCUT2D eigenvalue weighted by atomic mass is 9.86. The second kappa shape index (κ2) is 5.62. The van der Waals surface area contributed by atoms with Crippen LogP contribution in [0.3, 0.4) is 0 Å². The fraction of sp³-hybridized carbons (Fsp3) is 0.700. The number of carbonyl (C=O) groups excluding carboxylic acids is 1. The highest BCUT2D eigenvalue weighted by molar-refractivity contribution is 5.89. The number of nitrogens with two attached hydrogens (primary N) is 1. The van der Waals surface area contributed by atoms with Gasteiger partial charge in [0.25, 0.3) is 0 Å². The van der Waals surface area contributed by atoms with Crippen molar-refractivity contribution in [1.29, 1.82) is 0 Å². The Bertz CT molecular complexity index is 321. The predicted molar refractivity (Wildman–Crippen MR) is 59.2 cm³/mol. The van der Waals surface area contributed by atoms with E-state index in [-0.39, 0.29) is 0 Å². The second-order valence-electron chi connectivity index (χ2n) is 4.85. The van der Waals surface area contributed by atoms with Gasteiger partial charge in [-0.05, 0) is 5.41 Å². The summed E-state index contributed by atoms with van der Waals surface area (Å²) in [4.78, 5) is 32.8. The standard InChI is InChI=1S/C10H18N2O5/c1-10(2,3)7(9(16)17)12-8(15)5(11)4-6(13)14/h5,7H,4,11H2,1-3H3,(H,12,15)(H,13,14)(H,16,17)/t5?,7-/m0/s1. The number of carboxylic acid groups (broad SMARTS) is 2. The van der Waals surface area contributed by atoms with Crippen LogP contribution in [-0.4, -0.2) is 40.1 Å². The van der Waals surface area contributed by atoms with Crippen LogP contribution in [0.5, 0.6) is 0 Å². The molecule has 0 rings (SSSR count). The van der Waals surface area contributed by atoms with Gasteiger partial charge in [-0.1, -0.05) is 20.8 Å². The maximum absolute atomic E-state index is 11.5. The van der Waals surface area contributed by atoms with Gasteiger partial charge in [-0.2, -0.15) is 0 Å². The van der Waals surface area contributed by atoms with Crippen LogP contribution in [0.1, 0.15) is 27.2 Å². The third kappa shape index (κ3) is 5.30. The van der Waals surface area contributed by atoms with Gasteiger partial charge in [-0.15, -0.1) is 0 Å². The molecule has 1 amide bonds. The largest absolute Gasteiger partial charge is 0.481 e. The summed E-state index contributed by atoms with van der Waals surface area (Å²) >= 11 is 0. The summed E-state index contributed by atoms with van der Waals surface area (Å²) in [7, 11) is 0. The van der Waals surface area contributed by atoms with E-state index in [0.29, 0.717) is 0 Å². The van der Waals surface area contributed by atoms with E-state index in [2.05, 4.69) is 5.32 Å². The van der Waals surface area contributed by atoms with Gasteiger partial charge in [0, 0.05) is 0 Å². The fourth-order valence-electron chi connectivity index (χ4n) is 1.18. The van der Waals surface area contributed by atoms with Gasteiger partial charge >= 0.3 is 11.9 Å². The molecule has 17 heavy (non-hydrogen) atoms. The topological polar surface area (TPSA) is 130 Å². The SMILES string of the molecule is CC(C)(C)[C@@H](NC(=O)C(N)CC(=O)O)C(=O)O. The van der Waals surface area contributed by atoms with E-state index in [4.69, 9.17) is 15.9 Å².